The van der Waals surface area contributed by atoms with E-state index in [0.717, 1.165) is 25.9 Å². The Hall–Kier alpha value is -1.88. The number of hydrogen-bond acceptors (Lipinski definition) is 3. The summed E-state index contributed by atoms with van der Waals surface area (Å²) in [6.45, 7) is 12.7. The molecule has 0 heterocycles. The lowest BCUT2D eigenvalue weighted by atomic mass is 9.92. The lowest BCUT2D eigenvalue weighted by Crippen LogP contribution is -2.40. The highest BCUT2D eigenvalue weighted by molar-refractivity contribution is 5.92. The molecule has 1 aliphatic carbocycles. The maximum Gasteiger partial charge on any atom is 0.233 e. The standard InChI is InChI=1S/C15H21NO.C8H18N2O/c1-4-16(5-2)14(17)15(11-12(15)3)13-9-7-6-8-10-13;1-6(2)3-7(5-9)4-8(10)11/h6-10,12H,4-5,11H2,1-3H3;6-7H,3-5,9H2,1-2H3,(H2,10,11)/t12?,15-;/m0./s1. The van der Waals surface area contributed by atoms with Crippen LogP contribution in [0.4, 0.5) is 0 Å². The summed E-state index contributed by atoms with van der Waals surface area (Å²) in [5, 5.41) is 0. The smallest absolute Gasteiger partial charge is 0.233 e. The van der Waals surface area contributed by atoms with Gasteiger partial charge in [-0.2, -0.15) is 0 Å². The summed E-state index contributed by atoms with van der Waals surface area (Å²) in [6.07, 6.45) is 2.40. The van der Waals surface area contributed by atoms with Gasteiger partial charge in [0, 0.05) is 19.5 Å². The number of benzene rings is 1. The minimum absolute atomic E-state index is 0.229. The van der Waals surface area contributed by atoms with E-state index >= 15 is 0 Å². The van der Waals surface area contributed by atoms with Crippen molar-refractivity contribution in [1.82, 2.24) is 4.90 Å². The van der Waals surface area contributed by atoms with E-state index in [0.29, 0.717) is 30.7 Å². The monoisotopic (exact) mass is 389 g/mol. The molecule has 158 valence electrons. The van der Waals surface area contributed by atoms with Crippen LogP contribution in [0.15, 0.2) is 30.3 Å². The minimum atomic E-state index is -0.249. The molecule has 0 spiro atoms. The van der Waals surface area contributed by atoms with Crippen LogP contribution >= 0.6 is 0 Å². The summed E-state index contributed by atoms with van der Waals surface area (Å²) in [5.74, 6) is 1.38. The van der Waals surface area contributed by atoms with Gasteiger partial charge >= 0.3 is 0 Å². The summed E-state index contributed by atoms with van der Waals surface area (Å²) in [6, 6.07) is 10.2. The Bertz CT molecular complexity index is 614. The maximum absolute atomic E-state index is 12.6. The Labute approximate surface area is 170 Å². The third-order valence-corrected chi connectivity index (χ3v) is 5.66. The summed E-state index contributed by atoms with van der Waals surface area (Å²) in [7, 11) is 0. The van der Waals surface area contributed by atoms with Crippen molar-refractivity contribution in [1.29, 1.82) is 0 Å². The summed E-state index contributed by atoms with van der Waals surface area (Å²) in [4.78, 5) is 25.1. The maximum atomic E-state index is 12.6. The van der Waals surface area contributed by atoms with Crippen molar-refractivity contribution in [2.45, 2.75) is 59.3 Å². The van der Waals surface area contributed by atoms with Crippen molar-refractivity contribution in [3.8, 4) is 0 Å². The van der Waals surface area contributed by atoms with E-state index in [9.17, 15) is 9.59 Å². The molecule has 0 bridgehead atoms. The first kappa shape index (κ1) is 24.2. The summed E-state index contributed by atoms with van der Waals surface area (Å²) < 4.78 is 0. The largest absolute Gasteiger partial charge is 0.370 e. The van der Waals surface area contributed by atoms with Crippen molar-refractivity contribution in [3.05, 3.63) is 35.9 Å². The van der Waals surface area contributed by atoms with Crippen molar-refractivity contribution in [3.63, 3.8) is 0 Å². The van der Waals surface area contributed by atoms with Gasteiger partial charge < -0.3 is 16.4 Å². The third kappa shape index (κ3) is 6.33. The molecule has 1 aromatic carbocycles. The Morgan fingerprint density at radius 1 is 1.18 bits per heavy atom. The van der Waals surface area contributed by atoms with E-state index in [1.54, 1.807) is 0 Å². The Balaban J connectivity index is 0.000000311. The van der Waals surface area contributed by atoms with Crippen molar-refractivity contribution < 1.29 is 9.59 Å². The number of nitrogens with two attached hydrogens (primary N) is 2. The molecule has 28 heavy (non-hydrogen) atoms. The van der Waals surface area contributed by atoms with Crippen LogP contribution in [-0.2, 0) is 15.0 Å². The molecule has 5 heteroatoms. The number of primary amides is 1. The van der Waals surface area contributed by atoms with Gasteiger partial charge in [0.25, 0.3) is 0 Å². The molecule has 1 fully saturated rings. The molecule has 0 saturated heterocycles. The van der Waals surface area contributed by atoms with Gasteiger partial charge in [-0.25, -0.2) is 0 Å². The number of hydrogen-bond donors (Lipinski definition) is 2. The molecule has 1 saturated carbocycles. The van der Waals surface area contributed by atoms with Gasteiger partial charge in [-0.3, -0.25) is 9.59 Å². The third-order valence-electron chi connectivity index (χ3n) is 5.66. The zero-order valence-corrected chi connectivity index (χ0v) is 18.3. The van der Waals surface area contributed by atoms with E-state index in [2.05, 4.69) is 32.9 Å². The molecular formula is C23H39N3O2. The molecule has 1 aromatic rings. The second-order valence-corrected chi connectivity index (χ2v) is 8.32. The highest BCUT2D eigenvalue weighted by atomic mass is 16.2. The van der Waals surface area contributed by atoms with Gasteiger partial charge in [-0.15, -0.1) is 0 Å². The van der Waals surface area contributed by atoms with Crippen molar-refractivity contribution in [2.24, 2.45) is 29.2 Å². The molecule has 2 amide bonds. The first-order valence-corrected chi connectivity index (χ1v) is 10.6. The Kier molecular flexibility index (Phi) is 9.66. The normalized spacial score (nSPS) is 21.5. The first-order chi connectivity index (χ1) is 13.2. The number of nitrogens with zero attached hydrogens (tertiary/aromatic N) is 1. The van der Waals surface area contributed by atoms with Crippen LogP contribution in [0.3, 0.4) is 0 Å². The van der Waals surface area contributed by atoms with E-state index in [1.807, 2.05) is 36.9 Å². The highest BCUT2D eigenvalue weighted by Gasteiger charge is 2.59. The number of likely N-dealkylation sites (N-methyl/N-ethyl adjacent to an activating group) is 1. The van der Waals surface area contributed by atoms with Crippen LogP contribution in [0.2, 0.25) is 0 Å². The lowest BCUT2D eigenvalue weighted by Gasteiger charge is -2.26. The average Bonchev–Trinajstić information content (AvgIpc) is 3.35. The van der Waals surface area contributed by atoms with Crippen LogP contribution in [0.5, 0.6) is 0 Å². The van der Waals surface area contributed by atoms with Gasteiger partial charge in [0.2, 0.25) is 11.8 Å². The van der Waals surface area contributed by atoms with E-state index in [1.165, 1.54) is 5.56 Å². The molecule has 2 unspecified atom stereocenters. The number of carbonyl (C=O) groups excluding carboxylic acids is 2. The van der Waals surface area contributed by atoms with Gasteiger partial charge in [-0.05, 0) is 56.6 Å². The molecule has 3 atom stereocenters. The fraction of sp³-hybridized carbons (Fsp3) is 0.652. The van der Waals surface area contributed by atoms with Crippen LogP contribution in [-0.4, -0.2) is 36.3 Å². The van der Waals surface area contributed by atoms with E-state index in [4.69, 9.17) is 11.5 Å². The quantitative estimate of drug-likeness (QED) is 0.679. The molecule has 2 rings (SSSR count). The summed E-state index contributed by atoms with van der Waals surface area (Å²) in [5.41, 5.74) is 11.5. The Morgan fingerprint density at radius 3 is 2.07 bits per heavy atom. The zero-order chi connectivity index (χ0) is 21.3. The van der Waals surface area contributed by atoms with Gasteiger partial charge in [0.15, 0.2) is 0 Å². The first-order valence-electron chi connectivity index (χ1n) is 10.6. The van der Waals surface area contributed by atoms with Gasteiger partial charge in [0.05, 0.1) is 5.41 Å². The average molecular weight is 390 g/mol. The second kappa shape index (κ2) is 11.2. The van der Waals surface area contributed by atoms with Crippen molar-refractivity contribution in [2.75, 3.05) is 19.6 Å². The molecular weight excluding hydrogens is 350 g/mol. The van der Waals surface area contributed by atoms with Crippen LogP contribution < -0.4 is 11.5 Å². The molecule has 5 nitrogen and oxygen atoms in total. The molecule has 0 radical (unpaired) electrons. The lowest BCUT2D eigenvalue weighted by molar-refractivity contribution is -0.134. The number of carbonyl (C=O) groups is 2. The molecule has 0 aromatic heterocycles. The molecule has 4 N–H and O–H groups in total. The fourth-order valence-electron chi connectivity index (χ4n) is 3.99. The van der Waals surface area contributed by atoms with Gasteiger partial charge in [0.1, 0.15) is 0 Å². The SMILES string of the molecule is CC(C)CC(CN)CC(N)=O.CCN(CC)C(=O)[C@@]1(c2ccccc2)CC1C. The molecule has 0 aliphatic heterocycles. The van der Waals surface area contributed by atoms with E-state index < -0.39 is 0 Å². The number of rotatable bonds is 9. The van der Waals surface area contributed by atoms with Crippen LogP contribution in [0, 0.1) is 17.8 Å². The fourth-order valence-corrected chi connectivity index (χ4v) is 3.99. The second-order valence-electron chi connectivity index (χ2n) is 8.32. The van der Waals surface area contributed by atoms with Crippen molar-refractivity contribution >= 4 is 11.8 Å². The highest BCUT2D eigenvalue weighted by Crippen LogP contribution is 2.55. The predicted octanol–water partition coefficient (Wildman–Crippen LogP) is 3.32. The van der Waals surface area contributed by atoms with E-state index in [-0.39, 0.29) is 17.2 Å². The van der Waals surface area contributed by atoms with Crippen LogP contribution in [0.1, 0.15) is 59.4 Å². The minimum Gasteiger partial charge on any atom is -0.370 e. The Morgan fingerprint density at radius 2 is 1.71 bits per heavy atom. The van der Waals surface area contributed by atoms with Crippen LogP contribution in [0.25, 0.3) is 0 Å². The zero-order valence-electron chi connectivity index (χ0n) is 18.3. The molecule has 1 aliphatic rings. The number of amides is 2. The van der Waals surface area contributed by atoms with Gasteiger partial charge in [-0.1, -0.05) is 51.1 Å². The topological polar surface area (TPSA) is 89.4 Å². The predicted molar refractivity (Wildman–Crippen MR) is 116 cm³/mol. The summed E-state index contributed by atoms with van der Waals surface area (Å²) >= 11 is 0.